The summed E-state index contributed by atoms with van der Waals surface area (Å²) >= 11 is 1.67. The fourth-order valence-electron chi connectivity index (χ4n) is 3.73. The first-order valence-corrected chi connectivity index (χ1v) is 10.1. The van der Waals surface area contributed by atoms with Gasteiger partial charge >= 0.3 is 0 Å². The number of hydrogen-bond acceptors (Lipinski definition) is 5. The van der Waals surface area contributed by atoms with Gasteiger partial charge in [-0.2, -0.15) is 0 Å². The van der Waals surface area contributed by atoms with Crippen molar-refractivity contribution in [3.8, 4) is 5.75 Å². The summed E-state index contributed by atoms with van der Waals surface area (Å²) in [6.07, 6.45) is 1.82. The van der Waals surface area contributed by atoms with Crippen LogP contribution in [-0.4, -0.2) is 54.1 Å². The van der Waals surface area contributed by atoms with Crippen LogP contribution in [0.2, 0.25) is 0 Å². The highest BCUT2D eigenvalue weighted by Gasteiger charge is 2.25. The number of carbonyl (C=O) groups excluding carboxylic acids is 1. The minimum atomic E-state index is 0.0862. The number of H-pyrrole nitrogens is 1. The van der Waals surface area contributed by atoms with Gasteiger partial charge in [-0.3, -0.25) is 4.79 Å². The Kier molecular flexibility index (Phi) is 4.16. The minimum absolute atomic E-state index is 0.0862. The van der Waals surface area contributed by atoms with E-state index >= 15 is 0 Å². The van der Waals surface area contributed by atoms with E-state index in [9.17, 15) is 4.79 Å². The molecule has 1 amide bonds. The molecule has 0 aliphatic carbocycles. The lowest BCUT2D eigenvalue weighted by molar-refractivity contribution is 0.0749. The normalized spacial score (nSPS) is 14.8. The second kappa shape index (κ2) is 6.83. The van der Waals surface area contributed by atoms with E-state index < -0.39 is 0 Å². The van der Waals surface area contributed by atoms with Gasteiger partial charge in [0.05, 0.1) is 17.4 Å². The Morgan fingerprint density at radius 2 is 1.93 bits per heavy atom. The number of amides is 1. The summed E-state index contributed by atoms with van der Waals surface area (Å²) in [5.74, 6) is 0.885. The largest absolute Gasteiger partial charge is 0.494 e. The molecule has 6 nitrogen and oxygen atoms in total. The Morgan fingerprint density at radius 3 is 2.75 bits per heavy atom. The molecule has 3 heterocycles. The van der Waals surface area contributed by atoms with Crippen molar-refractivity contribution in [2.75, 3.05) is 38.2 Å². The monoisotopic (exact) mass is 392 g/mol. The Morgan fingerprint density at radius 1 is 1.11 bits per heavy atom. The number of carbonyl (C=O) groups is 1. The van der Waals surface area contributed by atoms with Gasteiger partial charge in [-0.15, -0.1) is 0 Å². The number of rotatable bonds is 3. The molecule has 0 bridgehead atoms. The lowest BCUT2D eigenvalue weighted by atomic mass is 10.1. The van der Waals surface area contributed by atoms with Crippen LogP contribution in [0.4, 0.5) is 5.13 Å². The topological polar surface area (TPSA) is 61.5 Å². The van der Waals surface area contributed by atoms with Gasteiger partial charge in [0.2, 0.25) is 0 Å². The van der Waals surface area contributed by atoms with E-state index in [0.717, 1.165) is 50.7 Å². The molecule has 0 spiro atoms. The first-order chi connectivity index (χ1) is 13.7. The third kappa shape index (κ3) is 2.79. The van der Waals surface area contributed by atoms with Gasteiger partial charge in [0, 0.05) is 43.3 Å². The molecular formula is C21H20N4O2S. The maximum Gasteiger partial charge on any atom is 0.256 e. The zero-order chi connectivity index (χ0) is 19.1. The van der Waals surface area contributed by atoms with Gasteiger partial charge in [-0.1, -0.05) is 35.6 Å². The molecule has 0 unspecified atom stereocenters. The minimum Gasteiger partial charge on any atom is -0.494 e. The van der Waals surface area contributed by atoms with Crippen molar-refractivity contribution in [3.63, 3.8) is 0 Å². The smallest absolute Gasteiger partial charge is 0.256 e. The number of piperazine rings is 1. The van der Waals surface area contributed by atoms with E-state index in [4.69, 9.17) is 9.72 Å². The van der Waals surface area contributed by atoms with E-state index in [1.165, 1.54) is 0 Å². The van der Waals surface area contributed by atoms with Gasteiger partial charge in [0.1, 0.15) is 11.3 Å². The van der Waals surface area contributed by atoms with Gasteiger partial charge in [0.15, 0.2) is 5.13 Å². The van der Waals surface area contributed by atoms with Crippen molar-refractivity contribution < 1.29 is 9.53 Å². The predicted octanol–water partition coefficient (Wildman–Crippen LogP) is 3.75. The molecule has 1 aliphatic rings. The average Bonchev–Trinajstić information content (AvgIpc) is 3.37. The number of aromatic nitrogens is 2. The number of thiazole rings is 1. The molecule has 1 N–H and O–H groups in total. The van der Waals surface area contributed by atoms with Crippen molar-refractivity contribution in [1.82, 2.24) is 14.9 Å². The highest BCUT2D eigenvalue weighted by molar-refractivity contribution is 7.22. The number of aromatic amines is 1. The molecule has 142 valence electrons. The van der Waals surface area contributed by atoms with Crippen LogP contribution >= 0.6 is 11.3 Å². The molecule has 0 atom stereocenters. The Balaban J connectivity index is 1.33. The number of fused-ring (bicyclic) bond motifs is 2. The molecule has 7 heteroatoms. The van der Waals surface area contributed by atoms with Crippen LogP contribution in [0.25, 0.3) is 21.1 Å². The Hall–Kier alpha value is -3.06. The molecular weight excluding hydrogens is 372 g/mol. The molecule has 2 aromatic heterocycles. The summed E-state index contributed by atoms with van der Waals surface area (Å²) in [5.41, 5.74) is 2.64. The van der Waals surface area contributed by atoms with E-state index in [1.54, 1.807) is 18.4 Å². The summed E-state index contributed by atoms with van der Waals surface area (Å²) in [4.78, 5) is 25.2. The Bertz CT molecular complexity index is 1160. The zero-order valence-electron chi connectivity index (χ0n) is 15.5. The fraction of sp³-hybridized carbons (Fsp3) is 0.238. The molecule has 0 radical (unpaired) electrons. The SMILES string of the molecule is COc1cccc2sc(N3CCN(C(=O)c4c[nH]c5ccccc45)CC3)nc12. The average molecular weight is 392 g/mol. The molecule has 2 aromatic carbocycles. The second-order valence-corrected chi connectivity index (χ2v) is 7.84. The summed E-state index contributed by atoms with van der Waals surface area (Å²) < 4.78 is 6.54. The molecule has 5 rings (SSSR count). The van der Waals surface area contributed by atoms with Crippen LogP contribution in [0.1, 0.15) is 10.4 Å². The van der Waals surface area contributed by atoms with Crippen LogP contribution in [0.3, 0.4) is 0 Å². The van der Waals surface area contributed by atoms with E-state index in [2.05, 4.69) is 16.0 Å². The van der Waals surface area contributed by atoms with E-state index in [-0.39, 0.29) is 5.91 Å². The summed E-state index contributed by atoms with van der Waals surface area (Å²) in [7, 11) is 1.67. The summed E-state index contributed by atoms with van der Waals surface area (Å²) in [6, 6.07) is 13.9. The lowest BCUT2D eigenvalue weighted by Gasteiger charge is -2.34. The van der Waals surface area contributed by atoms with E-state index in [0.29, 0.717) is 13.1 Å². The summed E-state index contributed by atoms with van der Waals surface area (Å²) in [5, 5.41) is 1.96. The van der Waals surface area contributed by atoms with Gasteiger partial charge in [-0.05, 0) is 18.2 Å². The first-order valence-electron chi connectivity index (χ1n) is 9.28. The first kappa shape index (κ1) is 17.1. The van der Waals surface area contributed by atoms with Gasteiger partial charge in [0.25, 0.3) is 5.91 Å². The maximum absolute atomic E-state index is 13.0. The van der Waals surface area contributed by atoms with E-state index in [1.807, 2.05) is 47.5 Å². The van der Waals surface area contributed by atoms with Crippen LogP contribution in [0.5, 0.6) is 5.75 Å². The van der Waals surface area contributed by atoms with Crippen molar-refractivity contribution >= 4 is 43.5 Å². The van der Waals surface area contributed by atoms with Crippen molar-refractivity contribution in [2.24, 2.45) is 0 Å². The highest BCUT2D eigenvalue weighted by Crippen LogP contribution is 2.34. The third-order valence-electron chi connectivity index (χ3n) is 5.25. The molecule has 4 aromatic rings. The van der Waals surface area contributed by atoms with Gasteiger partial charge in [-0.25, -0.2) is 4.98 Å². The number of hydrogen-bond donors (Lipinski definition) is 1. The molecule has 0 saturated carbocycles. The molecule has 1 fully saturated rings. The second-order valence-electron chi connectivity index (χ2n) is 6.83. The molecule has 28 heavy (non-hydrogen) atoms. The van der Waals surface area contributed by atoms with Crippen LogP contribution in [0.15, 0.2) is 48.7 Å². The number of ether oxygens (including phenoxy) is 1. The van der Waals surface area contributed by atoms with Crippen molar-refractivity contribution in [3.05, 3.63) is 54.2 Å². The third-order valence-corrected chi connectivity index (χ3v) is 6.33. The Labute approximate surface area is 166 Å². The lowest BCUT2D eigenvalue weighted by Crippen LogP contribution is -2.48. The predicted molar refractivity (Wildman–Crippen MR) is 113 cm³/mol. The van der Waals surface area contributed by atoms with Crippen LogP contribution in [-0.2, 0) is 0 Å². The van der Waals surface area contributed by atoms with Crippen molar-refractivity contribution in [2.45, 2.75) is 0 Å². The number of methoxy groups -OCH3 is 1. The number of nitrogens with zero attached hydrogens (tertiary/aromatic N) is 3. The number of benzene rings is 2. The van der Waals surface area contributed by atoms with Crippen LogP contribution < -0.4 is 9.64 Å². The van der Waals surface area contributed by atoms with Crippen molar-refractivity contribution in [1.29, 1.82) is 0 Å². The fourth-order valence-corrected chi connectivity index (χ4v) is 4.77. The zero-order valence-corrected chi connectivity index (χ0v) is 16.3. The standard InChI is InChI=1S/C21H20N4O2S/c1-27-17-7-4-8-18-19(17)23-21(28-18)25-11-9-24(10-12-25)20(26)15-13-22-16-6-3-2-5-14(15)16/h2-8,13,22H,9-12H2,1H3. The molecule has 1 aliphatic heterocycles. The quantitative estimate of drug-likeness (QED) is 0.577. The molecule has 1 saturated heterocycles. The number of nitrogens with one attached hydrogen (secondary N) is 1. The highest BCUT2D eigenvalue weighted by atomic mass is 32.1. The van der Waals surface area contributed by atoms with Gasteiger partial charge < -0.3 is 19.5 Å². The number of anilines is 1. The van der Waals surface area contributed by atoms with Crippen LogP contribution in [0, 0.1) is 0 Å². The number of para-hydroxylation sites is 2. The summed E-state index contributed by atoms with van der Waals surface area (Å²) in [6.45, 7) is 2.92. The maximum atomic E-state index is 13.0.